The molecule has 4 nitrogen and oxygen atoms in total. The van der Waals surface area contributed by atoms with Gasteiger partial charge in [0.25, 0.3) is 5.91 Å². The molecule has 0 saturated heterocycles. The lowest BCUT2D eigenvalue weighted by atomic mass is 10.2. The minimum atomic E-state index is -0.0913. The van der Waals surface area contributed by atoms with E-state index in [2.05, 4.69) is 9.97 Å². The Labute approximate surface area is 126 Å². The zero-order chi connectivity index (χ0) is 14.7. The van der Waals surface area contributed by atoms with Crippen molar-refractivity contribution in [3.8, 4) is 11.3 Å². The van der Waals surface area contributed by atoms with E-state index in [-0.39, 0.29) is 5.91 Å². The summed E-state index contributed by atoms with van der Waals surface area (Å²) in [4.78, 5) is 22.4. The summed E-state index contributed by atoms with van der Waals surface area (Å²) in [5.74, 6) is -0.0913. The fraction of sp³-hybridized carbons (Fsp3) is 0.0625. The van der Waals surface area contributed by atoms with E-state index in [9.17, 15) is 4.79 Å². The molecule has 1 amide bonds. The van der Waals surface area contributed by atoms with Crippen LogP contribution in [0, 0.1) is 0 Å². The molecule has 0 radical (unpaired) electrons. The normalized spacial score (nSPS) is 10.3. The van der Waals surface area contributed by atoms with Gasteiger partial charge < -0.3 is 0 Å². The third-order valence-electron chi connectivity index (χ3n) is 3.08. The summed E-state index contributed by atoms with van der Waals surface area (Å²) in [6, 6.07) is 13.3. The maximum Gasteiger partial charge on any atom is 0.259 e. The molecule has 3 rings (SSSR count). The van der Waals surface area contributed by atoms with Crippen LogP contribution in [0.15, 0.2) is 60.2 Å². The Morgan fingerprint density at radius 2 is 1.81 bits per heavy atom. The molecule has 0 N–H and O–H groups in total. The molecule has 3 aromatic rings. The van der Waals surface area contributed by atoms with Gasteiger partial charge in [0.2, 0.25) is 0 Å². The summed E-state index contributed by atoms with van der Waals surface area (Å²) in [6.45, 7) is 0. The first-order chi connectivity index (χ1) is 10.3. The highest BCUT2D eigenvalue weighted by atomic mass is 32.1. The topological polar surface area (TPSA) is 46.1 Å². The highest BCUT2D eigenvalue weighted by Crippen LogP contribution is 2.27. The molecular weight excluding hydrogens is 282 g/mol. The molecule has 2 aromatic heterocycles. The first-order valence-electron chi connectivity index (χ1n) is 6.45. The Hall–Kier alpha value is -2.53. The molecule has 0 unspecified atom stereocenters. The minimum Gasteiger partial charge on any atom is -0.287 e. The Bertz CT molecular complexity index is 740. The van der Waals surface area contributed by atoms with Crippen LogP contribution in [0.4, 0.5) is 5.13 Å². The van der Waals surface area contributed by atoms with Gasteiger partial charge >= 0.3 is 0 Å². The van der Waals surface area contributed by atoms with E-state index < -0.39 is 0 Å². The number of carbonyl (C=O) groups excluding carboxylic acids is 1. The van der Waals surface area contributed by atoms with Gasteiger partial charge in [-0.15, -0.1) is 11.3 Å². The second kappa shape index (κ2) is 5.85. The second-order valence-electron chi connectivity index (χ2n) is 4.48. The number of hydrogen-bond acceptors (Lipinski definition) is 4. The third-order valence-corrected chi connectivity index (χ3v) is 4.00. The number of hydrogen-bond donors (Lipinski definition) is 0. The molecule has 104 valence electrons. The van der Waals surface area contributed by atoms with Crippen molar-refractivity contribution < 1.29 is 4.79 Å². The van der Waals surface area contributed by atoms with Crippen LogP contribution < -0.4 is 4.90 Å². The first-order valence-corrected chi connectivity index (χ1v) is 7.33. The molecule has 0 atom stereocenters. The van der Waals surface area contributed by atoms with Crippen molar-refractivity contribution in [3.63, 3.8) is 0 Å². The maximum absolute atomic E-state index is 12.4. The summed E-state index contributed by atoms with van der Waals surface area (Å²) in [5, 5.41) is 2.64. The van der Waals surface area contributed by atoms with E-state index in [4.69, 9.17) is 0 Å². The Kier molecular flexibility index (Phi) is 3.75. The SMILES string of the molecule is CN(C(=O)c1ccncc1)c1nc(-c2ccccc2)cs1. The predicted octanol–water partition coefficient (Wildman–Crippen LogP) is 3.48. The van der Waals surface area contributed by atoms with Crippen LogP contribution in [-0.4, -0.2) is 22.9 Å². The molecule has 0 fully saturated rings. The number of aromatic nitrogens is 2. The second-order valence-corrected chi connectivity index (χ2v) is 5.32. The lowest BCUT2D eigenvalue weighted by Gasteiger charge is -2.13. The van der Waals surface area contributed by atoms with Crippen molar-refractivity contribution in [2.45, 2.75) is 0 Å². The van der Waals surface area contributed by atoms with Crippen molar-refractivity contribution in [3.05, 3.63) is 65.8 Å². The van der Waals surface area contributed by atoms with Crippen molar-refractivity contribution in [1.29, 1.82) is 0 Å². The fourth-order valence-corrected chi connectivity index (χ4v) is 2.73. The highest BCUT2D eigenvalue weighted by Gasteiger charge is 2.16. The van der Waals surface area contributed by atoms with Crippen LogP contribution in [0.1, 0.15) is 10.4 Å². The molecule has 0 bridgehead atoms. The van der Waals surface area contributed by atoms with Gasteiger partial charge in [0.05, 0.1) is 5.69 Å². The van der Waals surface area contributed by atoms with Crippen molar-refractivity contribution in [2.24, 2.45) is 0 Å². The van der Waals surface area contributed by atoms with E-state index in [0.717, 1.165) is 11.3 Å². The smallest absolute Gasteiger partial charge is 0.259 e. The first kappa shape index (κ1) is 13.5. The lowest BCUT2D eigenvalue weighted by molar-refractivity contribution is 0.0993. The summed E-state index contributed by atoms with van der Waals surface area (Å²) < 4.78 is 0. The quantitative estimate of drug-likeness (QED) is 0.743. The molecule has 0 spiro atoms. The molecule has 2 heterocycles. The van der Waals surface area contributed by atoms with Crippen molar-refractivity contribution in [1.82, 2.24) is 9.97 Å². The molecule has 5 heteroatoms. The standard InChI is InChI=1S/C16H13N3OS/c1-19(15(20)13-7-9-17-10-8-13)16-18-14(11-21-16)12-5-3-2-4-6-12/h2-11H,1H3. The van der Waals surface area contributed by atoms with Gasteiger partial charge in [-0.25, -0.2) is 4.98 Å². The van der Waals surface area contributed by atoms with E-state index in [0.29, 0.717) is 10.7 Å². The average molecular weight is 295 g/mol. The number of amides is 1. The summed E-state index contributed by atoms with van der Waals surface area (Å²) in [6.07, 6.45) is 3.22. The van der Waals surface area contributed by atoms with Crippen LogP contribution in [0.3, 0.4) is 0 Å². The lowest BCUT2D eigenvalue weighted by Crippen LogP contribution is -2.26. The zero-order valence-corrected chi connectivity index (χ0v) is 12.2. The fourth-order valence-electron chi connectivity index (χ4n) is 1.93. The Balaban J connectivity index is 1.85. The largest absolute Gasteiger partial charge is 0.287 e. The van der Waals surface area contributed by atoms with Crippen LogP contribution in [0.2, 0.25) is 0 Å². The summed E-state index contributed by atoms with van der Waals surface area (Å²) >= 11 is 1.45. The molecule has 0 saturated carbocycles. The van der Waals surface area contributed by atoms with Gasteiger partial charge in [-0.1, -0.05) is 30.3 Å². The number of benzene rings is 1. The predicted molar refractivity (Wildman–Crippen MR) is 84.5 cm³/mol. The number of rotatable bonds is 3. The molecule has 0 aliphatic rings. The van der Waals surface area contributed by atoms with Gasteiger partial charge in [0.15, 0.2) is 5.13 Å². The molecule has 0 aliphatic heterocycles. The molecule has 1 aromatic carbocycles. The Morgan fingerprint density at radius 1 is 1.10 bits per heavy atom. The maximum atomic E-state index is 12.4. The van der Waals surface area contributed by atoms with Crippen LogP contribution in [0.25, 0.3) is 11.3 Å². The number of carbonyl (C=O) groups is 1. The molecular formula is C16H13N3OS. The van der Waals surface area contributed by atoms with Gasteiger partial charge in [-0.3, -0.25) is 14.7 Å². The van der Waals surface area contributed by atoms with E-state index in [1.807, 2.05) is 35.7 Å². The van der Waals surface area contributed by atoms with Crippen molar-refractivity contribution >= 4 is 22.4 Å². The summed E-state index contributed by atoms with van der Waals surface area (Å²) in [5.41, 5.74) is 2.53. The number of thiazole rings is 1. The van der Waals surface area contributed by atoms with Crippen LogP contribution in [-0.2, 0) is 0 Å². The van der Waals surface area contributed by atoms with Crippen LogP contribution in [0.5, 0.6) is 0 Å². The molecule has 21 heavy (non-hydrogen) atoms. The van der Waals surface area contributed by atoms with Gasteiger partial charge in [0, 0.05) is 35.9 Å². The van der Waals surface area contributed by atoms with Gasteiger partial charge in [-0.2, -0.15) is 0 Å². The van der Waals surface area contributed by atoms with Gasteiger partial charge in [-0.05, 0) is 12.1 Å². The van der Waals surface area contributed by atoms with E-state index in [1.54, 1.807) is 36.5 Å². The zero-order valence-electron chi connectivity index (χ0n) is 11.4. The summed E-state index contributed by atoms with van der Waals surface area (Å²) in [7, 11) is 1.73. The van der Waals surface area contributed by atoms with E-state index in [1.165, 1.54) is 11.3 Å². The molecule has 0 aliphatic carbocycles. The third kappa shape index (κ3) is 2.83. The average Bonchev–Trinajstić information content (AvgIpc) is 3.05. The van der Waals surface area contributed by atoms with Crippen molar-refractivity contribution in [2.75, 3.05) is 11.9 Å². The number of anilines is 1. The monoisotopic (exact) mass is 295 g/mol. The highest BCUT2D eigenvalue weighted by molar-refractivity contribution is 7.14. The van der Waals surface area contributed by atoms with E-state index >= 15 is 0 Å². The number of nitrogens with zero attached hydrogens (tertiary/aromatic N) is 3. The Morgan fingerprint density at radius 3 is 2.52 bits per heavy atom. The van der Waals surface area contributed by atoms with Crippen LogP contribution >= 0.6 is 11.3 Å². The minimum absolute atomic E-state index is 0.0913. The van der Waals surface area contributed by atoms with Gasteiger partial charge in [0.1, 0.15) is 0 Å². The number of pyridine rings is 1.